The normalized spacial score (nSPS) is 27.9. The van der Waals surface area contributed by atoms with Crippen LogP contribution in [-0.2, 0) is 0 Å². The SMILES string of the molecule is C=C(c1ncc(-c2ccc(-n3ccnc3)cc2O)nn1)[C@@H]1CC2NC(C[C@@H]2F)[C@H]1F. The van der Waals surface area contributed by atoms with Gasteiger partial charge in [-0.3, -0.25) is 0 Å². The predicted molar refractivity (Wildman–Crippen MR) is 106 cm³/mol. The summed E-state index contributed by atoms with van der Waals surface area (Å²) in [7, 11) is 0. The summed E-state index contributed by atoms with van der Waals surface area (Å²) in [5, 5.41) is 21.7. The molecule has 0 spiro atoms. The molecule has 5 atom stereocenters. The fraction of sp³-hybridized carbons (Fsp3) is 0.333. The highest BCUT2D eigenvalue weighted by molar-refractivity contribution is 5.68. The van der Waals surface area contributed by atoms with E-state index in [4.69, 9.17) is 0 Å². The van der Waals surface area contributed by atoms with Crippen molar-refractivity contribution in [1.29, 1.82) is 0 Å². The van der Waals surface area contributed by atoms with E-state index in [-0.39, 0.29) is 24.0 Å². The predicted octanol–water partition coefficient (Wildman–Crippen LogP) is 2.87. The van der Waals surface area contributed by atoms with Crippen LogP contribution in [0, 0.1) is 5.92 Å². The summed E-state index contributed by atoms with van der Waals surface area (Å²) in [6, 6.07) is 4.27. The van der Waals surface area contributed by atoms with Gasteiger partial charge in [-0.05, 0) is 30.5 Å². The van der Waals surface area contributed by atoms with Crippen molar-refractivity contribution in [3.05, 3.63) is 55.5 Å². The zero-order valence-electron chi connectivity index (χ0n) is 16.0. The molecule has 2 saturated heterocycles. The zero-order chi connectivity index (χ0) is 20.8. The molecule has 3 aromatic rings. The van der Waals surface area contributed by atoms with Crippen molar-refractivity contribution in [2.24, 2.45) is 5.92 Å². The Hall–Kier alpha value is -3.20. The molecule has 30 heavy (non-hydrogen) atoms. The van der Waals surface area contributed by atoms with E-state index < -0.39 is 24.3 Å². The van der Waals surface area contributed by atoms with E-state index in [1.165, 1.54) is 6.20 Å². The van der Waals surface area contributed by atoms with E-state index in [9.17, 15) is 13.9 Å². The Morgan fingerprint density at radius 1 is 1.20 bits per heavy atom. The minimum absolute atomic E-state index is 0.0246. The lowest BCUT2D eigenvalue weighted by Crippen LogP contribution is -2.48. The molecule has 154 valence electrons. The van der Waals surface area contributed by atoms with E-state index in [1.807, 2.05) is 6.07 Å². The molecular formula is C21H20F2N6O. The molecule has 2 N–H and O–H groups in total. The van der Waals surface area contributed by atoms with Crippen LogP contribution in [0.25, 0.3) is 22.5 Å². The number of imidazole rings is 1. The van der Waals surface area contributed by atoms with E-state index in [2.05, 4.69) is 32.1 Å². The van der Waals surface area contributed by atoms with Crippen LogP contribution < -0.4 is 5.32 Å². The highest BCUT2D eigenvalue weighted by atomic mass is 19.1. The van der Waals surface area contributed by atoms with Crippen LogP contribution in [0.1, 0.15) is 18.7 Å². The molecule has 2 aliphatic heterocycles. The Kier molecular flexibility index (Phi) is 4.54. The van der Waals surface area contributed by atoms with Gasteiger partial charge in [-0.2, -0.15) is 0 Å². The summed E-state index contributed by atoms with van der Waals surface area (Å²) in [6.45, 7) is 3.97. The van der Waals surface area contributed by atoms with Crippen molar-refractivity contribution in [2.45, 2.75) is 37.3 Å². The number of benzene rings is 1. The molecule has 1 aromatic carbocycles. The molecule has 2 bridgehead atoms. The lowest BCUT2D eigenvalue weighted by atomic mass is 9.84. The van der Waals surface area contributed by atoms with Crippen LogP contribution >= 0.6 is 0 Å². The van der Waals surface area contributed by atoms with Gasteiger partial charge in [0.25, 0.3) is 0 Å². The molecule has 2 fully saturated rings. The summed E-state index contributed by atoms with van der Waals surface area (Å²) < 4.78 is 30.5. The van der Waals surface area contributed by atoms with Crippen LogP contribution in [0.2, 0.25) is 0 Å². The number of aromatic nitrogens is 5. The number of rotatable bonds is 4. The molecule has 0 amide bonds. The number of nitrogens with zero attached hydrogens (tertiary/aromatic N) is 5. The number of fused-ring (bicyclic) bond motifs is 2. The number of aromatic hydroxyl groups is 1. The quantitative estimate of drug-likeness (QED) is 0.688. The average Bonchev–Trinajstić information content (AvgIpc) is 3.39. The van der Waals surface area contributed by atoms with Gasteiger partial charge in [0.15, 0.2) is 5.82 Å². The summed E-state index contributed by atoms with van der Waals surface area (Å²) >= 11 is 0. The highest BCUT2D eigenvalue weighted by Gasteiger charge is 2.48. The lowest BCUT2D eigenvalue weighted by molar-refractivity contribution is 0.163. The molecule has 2 aliphatic rings. The maximum absolute atomic E-state index is 14.8. The van der Waals surface area contributed by atoms with Gasteiger partial charge in [0, 0.05) is 42.0 Å². The number of nitrogens with one attached hydrogen (secondary N) is 1. The number of hydrogen-bond donors (Lipinski definition) is 2. The van der Waals surface area contributed by atoms with Gasteiger partial charge in [-0.15, -0.1) is 10.2 Å². The van der Waals surface area contributed by atoms with E-state index >= 15 is 0 Å². The number of piperidine rings is 1. The maximum atomic E-state index is 14.8. The molecule has 7 nitrogen and oxygen atoms in total. The monoisotopic (exact) mass is 410 g/mol. The van der Waals surface area contributed by atoms with Crippen molar-refractivity contribution in [2.75, 3.05) is 0 Å². The second-order valence-corrected chi connectivity index (χ2v) is 7.78. The van der Waals surface area contributed by atoms with Gasteiger partial charge in [0.2, 0.25) is 0 Å². The summed E-state index contributed by atoms with van der Waals surface area (Å²) in [6.07, 6.45) is 4.74. The molecular weight excluding hydrogens is 390 g/mol. The standard InChI is InChI=1S/C21H20F2N6O/c1-11(14-7-16-15(22)8-17(26-16)20(14)23)21-25-9-18(27-28-21)13-3-2-12(6-19(13)30)29-5-4-24-10-29/h2-6,9-10,14-17,20,26,30H,1,7-8H2/t14-,15-,16?,17?,20-/m0/s1. The van der Waals surface area contributed by atoms with E-state index in [0.29, 0.717) is 23.3 Å². The molecule has 2 unspecified atom stereocenters. The molecule has 0 radical (unpaired) electrons. The smallest absolute Gasteiger partial charge is 0.177 e. The van der Waals surface area contributed by atoms with Gasteiger partial charge in [0.05, 0.1) is 18.2 Å². The van der Waals surface area contributed by atoms with Crippen LogP contribution in [-0.4, -0.2) is 54.3 Å². The number of hydrogen-bond acceptors (Lipinski definition) is 6. The number of allylic oxidation sites excluding steroid dienone is 1. The zero-order valence-corrected chi connectivity index (χ0v) is 16.0. The topological polar surface area (TPSA) is 88.8 Å². The minimum Gasteiger partial charge on any atom is -0.507 e. The van der Waals surface area contributed by atoms with Crippen LogP contribution in [0.15, 0.2) is 49.7 Å². The molecule has 0 saturated carbocycles. The molecule has 2 aromatic heterocycles. The largest absolute Gasteiger partial charge is 0.507 e. The first kappa shape index (κ1) is 18.8. The highest BCUT2D eigenvalue weighted by Crippen LogP contribution is 2.40. The third-order valence-corrected chi connectivity index (χ3v) is 5.98. The van der Waals surface area contributed by atoms with Crippen LogP contribution in [0.5, 0.6) is 5.75 Å². The van der Waals surface area contributed by atoms with Crippen molar-refractivity contribution in [3.8, 4) is 22.7 Å². The second-order valence-electron chi connectivity index (χ2n) is 7.78. The molecule has 4 heterocycles. The van der Waals surface area contributed by atoms with Crippen molar-refractivity contribution in [3.63, 3.8) is 0 Å². The fourth-order valence-electron chi connectivity index (χ4n) is 4.33. The van der Waals surface area contributed by atoms with Crippen LogP contribution in [0.4, 0.5) is 8.78 Å². The third-order valence-electron chi connectivity index (χ3n) is 5.98. The first-order chi connectivity index (χ1) is 14.5. The van der Waals surface area contributed by atoms with Gasteiger partial charge in [-0.1, -0.05) is 6.58 Å². The van der Waals surface area contributed by atoms with Crippen molar-refractivity contribution in [1.82, 2.24) is 30.0 Å². The fourth-order valence-corrected chi connectivity index (χ4v) is 4.33. The third kappa shape index (κ3) is 3.15. The van der Waals surface area contributed by atoms with E-state index in [1.54, 1.807) is 35.4 Å². The number of alkyl halides is 2. The Bertz CT molecular complexity index is 1070. The van der Waals surface area contributed by atoms with Gasteiger partial charge in [-0.25, -0.2) is 18.7 Å². The molecule has 9 heteroatoms. The Balaban J connectivity index is 1.36. The minimum atomic E-state index is -1.24. The Morgan fingerprint density at radius 2 is 2.07 bits per heavy atom. The summed E-state index contributed by atoms with van der Waals surface area (Å²) in [5.41, 5.74) is 2.03. The maximum Gasteiger partial charge on any atom is 0.177 e. The Labute approximate surface area is 171 Å². The first-order valence-corrected chi connectivity index (χ1v) is 9.76. The number of phenols is 1. The average molecular weight is 410 g/mol. The van der Waals surface area contributed by atoms with Gasteiger partial charge >= 0.3 is 0 Å². The van der Waals surface area contributed by atoms with Gasteiger partial charge < -0.3 is 15.0 Å². The second kappa shape index (κ2) is 7.24. The lowest BCUT2D eigenvalue weighted by Gasteiger charge is -2.33. The summed E-state index contributed by atoms with van der Waals surface area (Å²) in [5.74, 6) is -0.285. The van der Waals surface area contributed by atoms with Crippen molar-refractivity contribution < 1.29 is 13.9 Å². The van der Waals surface area contributed by atoms with Gasteiger partial charge in [0.1, 0.15) is 23.8 Å². The van der Waals surface area contributed by atoms with Crippen molar-refractivity contribution >= 4 is 5.57 Å². The number of halogens is 2. The number of phenolic OH excluding ortho intramolecular Hbond substituents is 1. The van der Waals surface area contributed by atoms with E-state index in [0.717, 1.165) is 5.69 Å². The molecule has 5 rings (SSSR count). The Morgan fingerprint density at radius 3 is 2.77 bits per heavy atom. The summed E-state index contributed by atoms with van der Waals surface area (Å²) in [4.78, 5) is 8.27. The first-order valence-electron chi connectivity index (χ1n) is 9.76. The van der Waals surface area contributed by atoms with Crippen LogP contribution in [0.3, 0.4) is 0 Å². The molecule has 0 aliphatic carbocycles.